The van der Waals surface area contributed by atoms with Crippen molar-refractivity contribution >= 4 is 5.97 Å². The van der Waals surface area contributed by atoms with Crippen LogP contribution in [0.1, 0.15) is 26.2 Å². The highest BCUT2D eigenvalue weighted by Crippen LogP contribution is 2.30. The van der Waals surface area contributed by atoms with Crippen molar-refractivity contribution in [2.75, 3.05) is 6.61 Å². The Bertz CT molecular complexity index is 230. The Morgan fingerprint density at radius 2 is 2.33 bits per heavy atom. The zero-order valence-electron chi connectivity index (χ0n) is 7.09. The summed E-state index contributed by atoms with van der Waals surface area (Å²) in [7, 11) is 0. The summed E-state index contributed by atoms with van der Waals surface area (Å²) in [6.07, 6.45) is 2.31. The number of esters is 1. The molecule has 3 nitrogen and oxygen atoms in total. The van der Waals surface area contributed by atoms with Crippen LogP contribution in [0.4, 0.5) is 0 Å². The maximum atomic E-state index is 10.7. The standard InChI is InChI=1S/C9H12O3/c1-2-12-8(10)4-7-9(11)5-3-6-9/h11H,2-3,5-6H2,1H3. The number of rotatable bonds is 1. The number of hydrogen-bond donors (Lipinski definition) is 1. The van der Waals surface area contributed by atoms with Crippen LogP contribution < -0.4 is 0 Å². The van der Waals surface area contributed by atoms with Crippen LogP contribution in [0.25, 0.3) is 0 Å². The van der Waals surface area contributed by atoms with Crippen LogP contribution in [-0.2, 0) is 9.53 Å². The minimum atomic E-state index is -0.910. The first-order chi connectivity index (χ1) is 5.66. The Kier molecular flexibility index (Phi) is 2.72. The van der Waals surface area contributed by atoms with Crippen molar-refractivity contribution in [3.8, 4) is 11.8 Å². The topological polar surface area (TPSA) is 46.5 Å². The van der Waals surface area contributed by atoms with Crippen molar-refractivity contribution in [2.24, 2.45) is 0 Å². The van der Waals surface area contributed by atoms with E-state index in [1.807, 2.05) is 0 Å². The van der Waals surface area contributed by atoms with E-state index in [1.54, 1.807) is 6.92 Å². The van der Waals surface area contributed by atoms with Crippen molar-refractivity contribution in [1.29, 1.82) is 0 Å². The normalized spacial score (nSPS) is 18.5. The molecule has 0 aromatic heterocycles. The largest absolute Gasteiger partial charge is 0.456 e. The monoisotopic (exact) mass is 168 g/mol. The second-order valence-electron chi connectivity index (χ2n) is 2.86. The first-order valence-electron chi connectivity index (χ1n) is 4.08. The zero-order chi connectivity index (χ0) is 9.03. The van der Waals surface area contributed by atoms with Crippen LogP contribution in [0.5, 0.6) is 0 Å². The maximum absolute atomic E-state index is 10.7. The lowest BCUT2D eigenvalue weighted by Gasteiger charge is -2.30. The van der Waals surface area contributed by atoms with E-state index in [4.69, 9.17) is 0 Å². The summed E-state index contributed by atoms with van der Waals surface area (Å²) >= 11 is 0. The minimum Gasteiger partial charge on any atom is -0.456 e. The van der Waals surface area contributed by atoms with Crippen LogP contribution in [0.3, 0.4) is 0 Å². The van der Waals surface area contributed by atoms with E-state index in [0.29, 0.717) is 19.4 Å². The molecule has 1 N–H and O–H groups in total. The van der Waals surface area contributed by atoms with E-state index >= 15 is 0 Å². The molecular formula is C9H12O3. The third-order valence-corrected chi connectivity index (χ3v) is 1.85. The molecule has 3 heteroatoms. The van der Waals surface area contributed by atoms with Gasteiger partial charge in [0, 0.05) is 5.92 Å². The molecule has 0 heterocycles. The van der Waals surface area contributed by atoms with E-state index in [2.05, 4.69) is 16.6 Å². The summed E-state index contributed by atoms with van der Waals surface area (Å²) < 4.78 is 4.58. The summed E-state index contributed by atoms with van der Waals surface area (Å²) in [6, 6.07) is 0. The van der Waals surface area contributed by atoms with Crippen molar-refractivity contribution in [3.05, 3.63) is 0 Å². The fraction of sp³-hybridized carbons (Fsp3) is 0.667. The first kappa shape index (κ1) is 9.08. The molecule has 0 aromatic carbocycles. The van der Waals surface area contributed by atoms with Gasteiger partial charge >= 0.3 is 5.97 Å². The highest BCUT2D eigenvalue weighted by molar-refractivity contribution is 5.88. The van der Waals surface area contributed by atoms with Crippen LogP contribution in [0.2, 0.25) is 0 Å². The molecule has 1 aliphatic rings. The zero-order valence-corrected chi connectivity index (χ0v) is 7.09. The predicted molar refractivity (Wildman–Crippen MR) is 43.2 cm³/mol. The Morgan fingerprint density at radius 3 is 2.75 bits per heavy atom. The van der Waals surface area contributed by atoms with Gasteiger partial charge in [-0.05, 0) is 26.2 Å². The van der Waals surface area contributed by atoms with Gasteiger partial charge in [0.2, 0.25) is 0 Å². The fourth-order valence-electron chi connectivity index (χ4n) is 0.971. The maximum Gasteiger partial charge on any atom is 0.384 e. The van der Waals surface area contributed by atoms with Gasteiger partial charge in [-0.15, -0.1) is 0 Å². The van der Waals surface area contributed by atoms with Gasteiger partial charge in [0.25, 0.3) is 0 Å². The molecular weight excluding hydrogens is 156 g/mol. The summed E-state index contributed by atoms with van der Waals surface area (Å²) in [4.78, 5) is 10.7. The van der Waals surface area contributed by atoms with E-state index in [1.165, 1.54) is 0 Å². The van der Waals surface area contributed by atoms with Gasteiger partial charge in [-0.2, -0.15) is 0 Å². The van der Waals surface area contributed by atoms with E-state index in [9.17, 15) is 9.90 Å². The van der Waals surface area contributed by atoms with Gasteiger partial charge in [0.1, 0.15) is 5.60 Å². The average Bonchev–Trinajstić information content (AvgIpc) is 1.98. The van der Waals surface area contributed by atoms with E-state index in [0.717, 1.165) is 6.42 Å². The molecule has 0 spiro atoms. The van der Waals surface area contributed by atoms with Crippen LogP contribution >= 0.6 is 0 Å². The molecule has 0 aromatic rings. The van der Waals surface area contributed by atoms with Gasteiger partial charge in [-0.1, -0.05) is 5.92 Å². The molecule has 0 unspecified atom stereocenters. The highest BCUT2D eigenvalue weighted by Gasteiger charge is 2.32. The van der Waals surface area contributed by atoms with E-state index < -0.39 is 11.6 Å². The number of ether oxygens (including phenoxy) is 1. The lowest BCUT2D eigenvalue weighted by molar-refractivity contribution is -0.136. The first-order valence-corrected chi connectivity index (χ1v) is 4.08. The van der Waals surface area contributed by atoms with E-state index in [-0.39, 0.29) is 0 Å². The van der Waals surface area contributed by atoms with Crippen molar-refractivity contribution in [3.63, 3.8) is 0 Å². The molecule has 0 saturated heterocycles. The molecule has 1 rings (SSSR count). The molecule has 0 aliphatic heterocycles. The molecule has 1 aliphatic carbocycles. The summed E-state index contributed by atoms with van der Waals surface area (Å²) in [6.45, 7) is 2.05. The average molecular weight is 168 g/mol. The van der Waals surface area contributed by atoms with Crippen molar-refractivity contribution in [2.45, 2.75) is 31.8 Å². The van der Waals surface area contributed by atoms with Crippen LogP contribution in [-0.4, -0.2) is 23.3 Å². The molecule has 1 saturated carbocycles. The summed E-state index contributed by atoms with van der Waals surface area (Å²) in [5, 5.41) is 9.45. The van der Waals surface area contributed by atoms with Gasteiger partial charge < -0.3 is 9.84 Å². The quantitative estimate of drug-likeness (QED) is 0.351. The molecule has 0 bridgehead atoms. The van der Waals surface area contributed by atoms with Crippen molar-refractivity contribution in [1.82, 2.24) is 0 Å². The Labute approximate surface area is 71.7 Å². The SMILES string of the molecule is CCOC(=O)C#CC1(O)CCC1. The van der Waals surface area contributed by atoms with Crippen LogP contribution in [0.15, 0.2) is 0 Å². The lowest BCUT2D eigenvalue weighted by atomic mass is 9.81. The Hall–Kier alpha value is -1.01. The highest BCUT2D eigenvalue weighted by atomic mass is 16.5. The Balaban J connectivity index is 2.41. The third kappa shape index (κ3) is 2.24. The van der Waals surface area contributed by atoms with Gasteiger partial charge in [-0.25, -0.2) is 4.79 Å². The molecule has 0 atom stereocenters. The molecule has 0 radical (unpaired) electrons. The smallest absolute Gasteiger partial charge is 0.384 e. The lowest BCUT2D eigenvalue weighted by Crippen LogP contribution is -2.34. The molecule has 0 amide bonds. The number of carbonyl (C=O) groups is 1. The van der Waals surface area contributed by atoms with Gasteiger partial charge in [0.05, 0.1) is 6.61 Å². The van der Waals surface area contributed by atoms with Crippen molar-refractivity contribution < 1.29 is 14.6 Å². The molecule has 66 valence electrons. The summed E-state index contributed by atoms with van der Waals surface area (Å²) in [5.74, 6) is 4.22. The second kappa shape index (κ2) is 3.59. The number of hydrogen-bond acceptors (Lipinski definition) is 3. The third-order valence-electron chi connectivity index (χ3n) is 1.85. The fourth-order valence-corrected chi connectivity index (χ4v) is 0.971. The van der Waals surface area contributed by atoms with Gasteiger partial charge in [-0.3, -0.25) is 0 Å². The predicted octanol–water partition coefficient (Wildman–Crippen LogP) is 0.468. The second-order valence-corrected chi connectivity index (χ2v) is 2.86. The molecule has 1 fully saturated rings. The number of aliphatic hydroxyl groups is 1. The number of carbonyl (C=O) groups excluding carboxylic acids is 1. The summed E-state index contributed by atoms with van der Waals surface area (Å²) in [5.41, 5.74) is -0.910. The Morgan fingerprint density at radius 1 is 1.67 bits per heavy atom. The minimum absolute atomic E-state index is 0.325. The van der Waals surface area contributed by atoms with Gasteiger partial charge in [0.15, 0.2) is 0 Å². The molecule has 12 heavy (non-hydrogen) atoms. The van der Waals surface area contributed by atoms with Crippen LogP contribution in [0, 0.1) is 11.8 Å².